The maximum absolute atomic E-state index is 12.9. The first-order valence-corrected chi connectivity index (χ1v) is 11.4. The van der Waals surface area contributed by atoms with Crippen LogP contribution >= 0.6 is 11.6 Å². The quantitative estimate of drug-likeness (QED) is 0.419. The molecule has 4 aromatic rings. The molecule has 2 N–H and O–H groups in total. The Morgan fingerprint density at radius 1 is 1.12 bits per heavy atom. The van der Waals surface area contributed by atoms with Crippen molar-refractivity contribution in [1.82, 2.24) is 20.0 Å². The molecule has 0 bridgehead atoms. The Labute approximate surface area is 198 Å². The number of likely N-dealkylation sites (N-methyl/N-ethyl adjacent to an activating group) is 1. The second-order valence-electron chi connectivity index (χ2n) is 8.67. The van der Waals surface area contributed by atoms with Crippen LogP contribution in [0.5, 0.6) is 0 Å². The monoisotopic (exact) mass is 459 g/mol. The highest BCUT2D eigenvalue weighted by Crippen LogP contribution is 2.31. The minimum atomic E-state index is 0.0908. The number of para-hydroxylation sites is 1. The van der Waals surface area contributed by atoms with E-state index in [1.807, 2.05) is 71.6 Å². The van der Waals surface area contributed by atoms with Crippen molar-refractivity contribution >= 4 is 39.8 Å². The van der Waals surface area contributed by atoms with Gasteiger partial charge in [0.05, 0.1) is 21.9 Å². The van der Waals surface area contributed by atoms with Crippen LogP contribution in [-0.4, -0.2) is 59.1 Å². The lowest BCUT2D eigenvalue weighted by Gasteiger charge is -2.20. The Kier molecular flexibility index (Phi) is 5.79. The number of amides is 1. The van der Waals surface area contributed by atoms with E-state index >= 15 is 0 Å². The van der Waals surface area contributed by atoms with Gasteiger partial charge < -0.3 is 15.1 Å². The zero-order valence-corrected chi connectivity index (χ0v) is 19.4. The van der Waals surface area contributed by atoms with Gasteiger partial charge in [-0.05, 0) is 63.0 Å². The molecule has 33 heavy (non-hydrogen) atoms. The van der Waals surface area contributed by atoms with E-state index in [9.17, 15) is 4.79 Å². The molecule has 0 spiro atoms. The second kappa shape index (κ2) is 8.89. The van der Waals surface area contributed by atoms with Gasteiger partial charge in [-0.25, -0.2) is 0 Å². The summed E-state index contributed by atoms with van der Waals surface area (Å²) in [4.78, 5) is 17.0. The number of nitrogens with zero attached hydrogens (tertiary/aromatic N) is 3. The van der Waals surface area contributed by atoms with E-state index in [-0.39, 0.29) is 5.91 Å². The molecule has 1 saturated heterocycles. The van der Waals surface area contributed by atoms with Crippen LogP contribution in [0.25, 0.3) is 22.2 Å². The van der Waals surface area contributed by atoms with E-state index < -0.39 is 0 Å². The molecule has 6 nitrogen and oxygen atoms in total. The number of nitrogens with one attached hydrogen (secondary N) is 2. The molecule has 1 atom stereocenters. The number of aromatic amines is 1. The smallest absolute Gasteiger partial charge is 0.253 e. The second-order valence-corrected chi connectivity index (χ2v) is 9.08. The number of hydrogen-bond acceptors (Lipinski definition) is 4. The molecule has 1 aliphatic rings. The zero-order chi connectivity index (χ0) is 22.9. The van der Waals surface area contributed by atoms with Crippen LogP contribution < -0.4 is 5.32 Å². The summed E-state index contributed by atoms with van der Waals surface area (Å²) in [5.74, 6) is 0.0908. The predicted molar refractivity (Wildman–Crippen MR) is 134 cm³/mol. The first-order chi connectivity index (χ1) is 16.0. The van der Waals surface area contributed by atoms with Gasteiger partial charge in [0.1, 0.15) is 0 Å². The van der Waals surface area contributed by atoms with Crippen LogP contribution in [0, 0.1) is 0 Å². The number of carbonyl (C=O) groups excluding carboxylic acids is 1. The fourth-order valence-corrected chi connectivity index (χ4v) is 4.52. The van der Waals surface area contributed by atoms with E-state index in [0.29, 0.717) is 16.6 Å². The Balaban J connectivity index is 1.34. The number of H-pyrrole nitrogens is 1. The Hall–Kier alpha value is -3.35. The van der Waals surface area contributed by atoms with Gasteiger partial charge in [0.15, 0.2) is 0 Å². The molecule has 1 aliphatic heterocycles. The summed E-state index contributed by atoms with van der Waals surface area (Å²) in [5, 5.41) is 12.7. The number of hydrogen-bond donors (Lipinski definition) is 2. The van der Waals surface area contributed by atoms with Crippen molar-refractivity contribution in [3.05, 3.63) is 77.3 Å². The maximum atomic E-state index is 12.9. The van der Waals surface area contributed by atoms with Gasteiger partial charge in [-0.1, -0.05) is 35.9 Å². The topological polar surface area (TPSA) is 64.3 Å². The number of benzene rings is 3. The number of anilines is 2. The number of rotatable bonds is 5. The van der Waals surface area contributed by atoms with Crippen LogP contribution in [0.15, 0.2) is 66.7 Å². The number of fused-ring (bicyclic) bond motifs is 1. The summed E-state index contributed by atoms with van der Waals surface area (Å²) < 4.78 is 0. The van der Waals surface area contributed by atoms with Gasteiger partial charge in [-0.2, -0.15) is 5.10 Å². The number of carbonyl (C=O) groups is 1. The molecular weight excluding hydrogens is 434 g/mol. The van der Waals surface area contributed by atoms with Crippen molar-refractivity contribution < 1.29 is 4.79 Å². The maximum Gasteiger partial charge on any atom is 0.253 e. The summed E-state index contributed by atoms with van der Waals surface area (Å²) in [5.41, 5.74) is 5.25. The highest BCUT2D eigenvalue weighted by molar-refractivity contribution is 6.33. The fourth-order valence-electron chi connectivity index (χ4n) is 4.34. The predicted octanol–water partition coefficient (Wildman–Crippen LogP) is 5.40. The lowest BCUT2D eigenvalue weighted by Crippen LogP contribution is -2.34. The van der Waals surface area contributed by atoms with Crippen LogP contribution in [0.1, 0.15) is 16.8 Å². The molecule has 2 heterocycles. The lowest BCUT2D eigenvalue weighted by molar-refractivity contribution is 0.0783. The standard InChI is InChI=1S/C26H26ClN5O/c1-31(2)20-13-14-32(16-20)26(33)18-9-7-17(8-10-18)25-21-12-11-19(15-24(21)29-30-25)28-23-6-4-3-5-22(23)27/h3-12,15,20,28H,13-14,16H2,1-2H3,(H,29,30). The molecule has 1 fully saturated rings. The van der Waals surface area contributed by atoms with Crippen molar-refractivity contribution in [2.75, 3.05) is 32.5 Å². The van der Waals surface area contributed by atoms with E-state index in [2.05, 4.69) is 34.5 Å². The molecule has 0 radical (unpaired) electrons. The zero-order valence-electron chi connectivity index (χ0n) is 18.7. The van der Waals surface area contributed by atoms with Gasteiger partial charge in [0.2, 0.25) is 0 Å². The van der Waals surface area contributed by atoms with Crippen LogP contribution in [0.4, 0.5) is 11.4 Å². The van der Waals surface area contributed by atoms with Gasteiger partial charge in [-0.3, -0.25) is 9.89 Å². The third-order valence-electron chi connectivity index (χ3n) is 6.30. The van der Waals surface area contributed by atoms with E-state index in [1.165, 1.54) is 0 Å². The molecule has 5 rings (SSSR count). The highest BCUT2D eigenvalue weighted by atomic mass is 35.5. The van der Waals surface area contributed by atoms with Crippen molar-refractivity contribution in [2.45, 2.75) is 12.5 Å². The van der Waals surface area contributed by atoms with Gasteiger partial charge in [0.25, 0.3) is 5.91 Å². The average Bonchev–Trinajstić information content (AvgIpc) is 3.48. The summed E-state index contributed by atoms with van der Waals surface area (Å²) in [6.45, 7) is 1.58. The Morgan fingerprint density at radius 2 is 1.91 bits per heavy atom. The van der Waals surface area contributed by atoms with E-state index in [0.717, 1.165) is 53.0 Å². The molecule has 1 aromatic heterocycles. The van der Waals surface area contributed by atoms with Gasteiger partial charge in [0, 0.05) is 41.3 Å². The van der Waals surface area contributed by atoms with Gasteiger partial charge >= 0.3 is 0 Å². The SMILES string of the molecule is CN(C)C1CCN(C(=O)c2ccc(-c3n[nH]c4cc(Nc5ccccc5Cl)ccc34)cc2)C1. The number of halogens is 1. The van der Waals surface area contributed by atoms with E-state index in [4.69, 9.17) is 11.6 Å². The minimum absolute atomic E-state index is 0.0908. The van der Waals surface area contributed by atoms with Crippen LogP contribution in [0.3, 0.4) is 0 Å². The van der Waals surface area contributed by atoms with Crippen molar-refractivity contribution in [2.24, 2.45) is 0 Å². The molecule has 168 valence electrons. The molecule has 1 unspecified atom stereocenters. The Morgan fingerprint density at radius 3 is 2.64 bits per heavy atom. The summed E-state index contributed by atoms with van der Waals surface area (Å²) >= 11 is 6.26. The lowest BCUT2D eigenvalue weighted by atomic mass is 10.0. The van der Waals surface area contributed by atoms with Crippen LogP contribution in [0.2, 0.25) is 5.02 Å². The molecule has 0 saturated carbocycles. The first kappa shape index (κ1) is 21.5. The first-order valence-electron chi connectivity index (χ1n) is 11.1. The molecule has 0 aliphatic carbocycles. The van der Waals surface area contributed by atoms with Gasteiger partial charge in [-0.15, -0.1) is 0 Å². The normalized spacial score (nSPS) is 16.0. The number of likely N-dealkylation sites (tertiary alicyclic amines) is 1. The molecule has 7 heteroatoms. The summed E-state index contributed by atoms with van der Waals surface area (Å²) in [6, 6.07) is 21.9. The number of aromatic nitrogens is 2. The fraction of sp³-hybridized carbons (Fsp3) is 0.231. The third-order valence-corrected chi connectivity index (χ3v) is 6.63. The Bertz CT molecular complexity index is 1300. The van der Waals surface area contributed by atoms with Crippen LogP contribution in [-0.2, 0) is 0 Å². The van der Waals surface area contributed by atoms with Crippen molar-refractivity contribution in [3.63, 3.8) is 0 Å². The molecule has 3 aromatic carbocycles. The van der Waals surface area contributed by atoms with Crippen molar-refractivity contribution in [3.8, 4) is 11.3 Å². The summed E-state index contributed by atoms with van der Waals surface area (Å²) in [6.07, 6.45) is 1.02. The van der Waals surface area contributed by atoms with Crippen molar-refractivity contribution in [1.29, 1.82) is 0 Å². The van der Waals surface area contributed by atoms with E-state index in [1.54, 1.807) is 0 Å². The minimum Gasteiger partial charge on any atom is -0.354 e. The average molecular weight is 460 g/mol. The highest BCUT2D eigenvalue weighted by Gasteiger charge is 2.28. The molecule has 1 amide bonds. The largest absolute Gasteiger partial charge is 0.354 e. The summed E-state index contributed by atoms with van der Waals surface area (Å²) in [7, 11) is 4.13. The molecular formula is C26H26ClN5O. The third kappa shape index (κ3) is 4.32.